The van der Waals surface area contributed by atoms with Crippen LogP contribution in [0.3, 0.4) is 0 Å². The largest absolute Gasteiger partial charge is 0.493 e. The summed E-state index contributed by atoms with van der Waals surface area (Å²) in [4.78, 5) is 27.7. The maximum Gasteiger partial charge on any atom is 0.260 e. The molecule has 0 saturated heterocycles. The molecular weight excluding hydrogens is 356 g/mol. The molecule has 0 bridgehead atoms. The third-order valence-corrected chi connectivity index (χ3v) is 4.54. The van der Waals surface area contributed by atoms with E-state index in [2.05, 4.69) is 6.58 Å². The summed E-state index contributed by atoms with van der Waals surface area (Å²) in [5, 5.41) is 0.897. The monoisotopic (exact) mass is 378 g/mol. The van der Waals surface area contributed by atoms with Gasteiger partial charge in [0, 0.05) is 30.9 Å². The summed E-state index contributed by atoms with van der Waals surface area (Å²) in [7, 11) is 4.64. The molecule has 0 N–H and O–H groups in total. The van der Waals surface area contributed by atoms with E-state index in [9.17, 15) is 9.59 Å². The minimum absolute atomic E-state index is 0.220. The zero-order valence-electron chi connectivity index (χ0n) is 16.1. The second kappa shape index (κ2) is 8.00. The number of fused-ring (bicyclic) bond motifs is 1. The van der Waals surface area contributed by atoms with E-state index >= 15 is 0 Å². The first-order valence-corrected chi connectivity index (χ1v) is 8.75. The van der Waals surface area contributed by atoms with Crippen molar-refractivity contribution in [3.63, 3.8) is 0 Å². The molecule has 0 fully saturated rings. The molecule has 0 aliphatic carbocycles. The van der Waals surface area contributed by atoms with E-state index in [0.717, 1.165) is 5.69 Å². The van der Waals surface area contributed by atoms with Crippen LogP contribution in [0.25, 0.3) is 10.8 Å². The predicted molar refractivity (Wildman–Crippen MR) is 111 cm³/mol. The number of aryl methyl sites for hydroxylation is 1. The number of carbonyl (C=O) groups is 1. The number of anilines is 1. The Hall–Kier alpha value is -3.54. The van der Waals surface area contributed by atoms with E-state index in [-0.39, 0.29) is 11.5 Å². The Balaban J connectivity index is 2.26. The minimum atomic E-state index is -0.237. The van der Waals surface area contributed by atoms with Crippen molar-refractivity contribution in [2.45, 2.75) is 0 Å². The third-order valence-electron chi connectivity index (χ3n) is 4.54. The van der Waals surface area contributed by atoms with Crippen molar-refractivity contribution in [1.29, 1.82) is 0 Å². The van der Waals surface area contributed by atoms with Crippen molar-refractivity contribution < 1.29 is 14.3 Å². The topological polar surface area (TPSA) is 60.8 Å². The average Bonchev–Trinajstić information content (AvgIpc) is 2.73. The lowest BCUT2D eigenvalue weighted by Crippen LogP contribution is -2.32. The summed E-state index contributed by atoms with van der Waals surface area (Å²) in [6.07, 6.45) is 3.22. The summed E-state index contributed by atoms with van der Waals surface area (Å²) >= 11 is 0. The van der Waals surface area contributed by atoms with Crippen molar-refractivity contribution in [1.82, 2.24) is 4.57 Å². The molecule has 0 aliphatic rings. The van der Waals surface area contributed by atoms with E-state index in [1.165, 1.54) is 18.8 Å². The van der Waals surface area contributed by atoms with Gasteiger partial charge >= 0.3 is 0 Å². The molecule has 0 atom stereocenters. The minimum Gasteiger partial charge on any atom is -0.493 e. The van der Waals surface area contributed by atoms with Crippen molar-refractivity contribution in [2.75, 3.05) is 25.7 Å². The van der Waals surface area contributed by atoms with E-state index in [1.54, 1.807) is 36.4 Å². The van der Waals surface area contributed by atoms with Crippen LogP contribution in [-0.4, -0.2) is 31.2 Å². The maximum absolute atomic E-state index is 13.5. The first-order chi connectivity index (χ1) is 13.5. The lowest BCUT2D eigenvalue weighted by Gasteiger charge is -2.22. The van der Waals surface area contributed by atoms with Crippen molar-refractivity contribution >= 4 is 22.4 Å². The normalized spacial score (nSPS) is 10.5. The first-order valence-electron chi connectivity index (χ1n) is 8.75. The molecule has 28 heavy (non-hydrogen) atoms. The highest BCUT2D eigenvalue weighted by atomic mass is 16.5. The van der Waals surface area contributed by atoms with Gasteiger partial charge in [0.2, 0.25) is 0 Å². The Kier molecular flexibility index (Phi) is 5.49. The summed E-state index contributed by atoms with van der Waals surface area (Å²) in [6.45, 7) is 4.09. The fraction of sp³-hybridized carbons (Fsp3) is 0.182. The predicted octanol–water partition coefficient (Wildman–Crippen LogP) is 3.39. The Labute approximate surface area is 163 Å². The fourth-order valence-corrected chi connectivity index (χ4v) is 3.15. The van der Waals surface area contributed by atoms with Gasteiger partial charge in [-0.3, -0.25) is 9.59 Å². The number of rotatable bonds is 6. The number of methoxy groups -OCH3 is 2. The Morgan fingerprint density at radius 2 is 1.71 bits per heavy atom. The molecule has 144 valence electrons. The second-order valence-corrected chi connectivity index (χ2v) is 6.25. The maximum atomic E-state index is 13.5. The first kappa shape index (κ1) is 19.2. The number of nitrogens with zero attached hydrogens (tertiary/aromatic N) is 2. The van der Waals surface area contributed by atoms with Crippen molar-refractivity contribution in [2.24, 2.45) is 7.05 Å². The van der Waals surface area contributed by atoms with Crippen LogP contribution in [-0.2, 0) is 7.05 Å². The number of carbonyl (C=O) groups excluding carboxylic acids is 1. The number of hydrogen-bond donors (Lipinski definition) is 0. The number of aromatic nitrogens is 1. The summed E-state index contributed by atoms with van der Waals surface area (Å²) in [6, 6.07) is 12.6. The quantitative estimate of drug-likeness (QED) is 0.617. The number of hydrogen-bond acceptors (Lipinski definition) is 4. The van der Waals surface area contributed by atoms with E-state index < -0.39 is 0 Å². The zero-order chi connectivity index (χ0) is 20.3. The van der Waals surface area contributed by atoms with Gasteiger partial charge in [-0.2, -0.15) is 0 Å². The van der Waals surface area contributed by atoms with E-state index in [4.69, 9.17) is 9.47 Å². The molecule has 0 unspecified atom stereocenters. The number of para-hydroxylation sites is 1. The molecule has 1 heterocycles. The molecule has 2 aromatic carbocycles. The van der Waals surface area contributed by atoms with Gasteiger partial charge in [-0.15, -0.1) is 6.58 Å². The molecule has 0 radical (unpaired) electrons. The number of pyridine rings is 1. The van der Waals surface area contributed by atoms with Crippen LogP contribution in [0.4, 0.5) is 5.69 Å². The van der Waals surface area contributed by atoms with Gasteiger partial charge in [0.25, 0.3) is 11.5 Å². The van der Waals surface area contributed by atoms with Crippen LogP contribution in [0.1, 0.15) is 10.4 Å². The molecule has 6 nitrogen and oxygen atoms in total. The molecule has 3 rings (SSSR count). The van der Waals surface area contributed by atoms with Crippen molar-refractivity contribution in [3.05, 3.63) is 77.2 Å². The Morgan fingerprint density at radius 1 is 1.11 bits per heavy atom. The molecule has 1 amide bonds. The molecule has 6 heteroatoms. The number of amides is 1. The lowest BCUT2D eigenvalue weighted by atomic mass is 10.0. The highest BCUT2D eigenvalue weighted by Crippen LogP contribution is 2.33. The smallest absolute Gasteiger partial charge is 0.260 e. The average molecular weight is 378 g/mol. The van der Waals surface area contributed by atoms with Crippen LogP contribution in [0.15, 0.2) is 66.1 Å². The van der Waals surface area contributed by atoms with Gasteiger partial charge in [0.05, 0.1) is 25.2 Å². The van der Waals surface area contributed by atoms with Gasteiger partial charge in [0.1, 0.15) is 0 Å². The van der Waals surface area contributed by atoms with Crippen LogP contribution in [0.2, 0.25) is 0 Å². The zero-order valence-corrected chi connectivity index (χ0v) is 16.1. The highest BCUT2D eigenvalue weighted by Gasteiger charge is 2.22. The standard InChI is InChI=1S/C22H22N2O4/c1-5-11-24(15-9-7-6-8-10-15)22(26)18-14-23(2)21(25)17-13-20(28-4)19(27-3)12-16(17)18/h5-10,12-14H,1,11H2,2-4H3. The number of ether oxygens (including phenoxy) is 2. The molecule has 0 saturated carbocycles. The van der Waals surface area contributed by atoms with Gasteiger partial charge < -0.3 is 18.9 Å². The van der Waals surface area contributed by atoms with Crippen LogP contribution < -0.4 is 19.9 Å². The highest BCUT2D eigenvalue weighted by molar-refractivity contribution is 6.14. The Morgan fingerprint density at radius 3 is 2.29 bits per heavy atom. The van der Waals surface area contributed by atoms with Gasteiger partial charge in [0.15, 0.2) is 11.5 Å². The lowest BCUT2D eigenvalue weighted by molar-refractivity contribution is 0.0990. The SMILES string of the molecule is C=CCN(C(=O)c1cn(C)c(=O)c2cc(OC)c(OC)cc12)c1ccccc1. The molecule has 0 spiro atoms. The number of benzene rings is 2. The van der Waals surface area contributed by atoms with Crippen LogP contribution in [0, 0.1) is 0 Å². The summed E-state index contributed by atoms with van der Waals surface area (Å²) in [5.41, 5.74) is 0.918. The van der Waals surface area contributed by atoms with E-state index in [0.29, 0.717) is 34.4 Å². The molecule has 0 aliphatic heterocycles. The molecule has 3 aromatic rings. The molecular formula is C22H22N2O4. The van der Waals surface area contributed by atoms with Crippen LogP contribution in [0.5, 0.6) is 11.5 Å². The van der Waals surface area contributed by atoms with Crippen molar-refractivity contribution in [3.8, 4) is 11.5 Å². The van der Waals surface area contributed by atoms with Gasteiger partial charge in [-0.25, -0.2) is 0 Å². The van der Waals surface area contributed by atoms with Gasteiger partial charge in [-0.05, 0) is 24.3 Å². The fourth-order valence-electron chi connectivity index (χ4n) is 3.15. The third kappa shape index (κ3) is 3.36. The summed E-state index contributed by atoms with van der Waals surface area (Å²) in [5.74, 6) is 0.647. The van der Waals surface area contributed by atoms with Crippen LogP contribution >= 0.6 is 0 Å². The Bertz CT molecular complexity index is 1090. The summed E-state index contributed by atoms with van der Waals surface area (Å²) < 4.78 is 12.1. The second-order valence-electron chi connectivity index (χ2n) is 6.25. The van der Waals surface area contributed by atoms with E-state index in [1.807, 2.05) is 30.3 Å². The van der Waals surface area contributed by atoms with Gasteiger partial charge in [-0.1, -0.05) is 24.3 Å². The molecule has 1 aromatic heterocycles.